The van der Waals surface area contributed by atoms with Gasteiger partial charge in [-0.15, -0.1) is 0 Å². The van der Waals surface area contributed by atoms with Gasteiger partial charge in [0.1, 0.15) is 12.4 Å². The van der Waals surface area contributed by atoms with Gasteiger partial charge in [-0.25, -0.2) is 0 Å². The molecule has 104 valence electrons. The normalized spacial score (nSPS) is 18.3. The van der Waals surface area contributed by atoms with Gasteiger partial charge in [0.2, 0.25) is 5.91 Å². The van der Waals surface area contributed by atoms with E-state index in [-0.39, 0.29) is 12.0 Å². The van der Waals surface area contributed by atoms with Crippen molar-refractivity contribution < 1.29 is 14.3 Å². The molecule has 1 unspecified atom stereocenters. The van der Waals surface area contributed by atoms with Gasteiger partial charge in [0, 0.05) is 12.3 Å². The summed E-state index contributed by atoms with van der Waals surface area (Å²) in [5, 5.41) is 2.83. The van der Waals surface area contributed by atoms with Crippen molar-refractivity contribution in [1.82, 2.24) is 0 Å². The monoisotopic (exact) mass is 281 g/mol. The molecule has 1 aromatic carbocycles. The molecule has 1 saturated heterocycles. The maximum Gasteiger partial charge on any atom is 0.234 e. The van der Waals surface area contributed by atoms with Gasteiger partial charge in [-0.05, 0) is 43.4 Å². The first-order valence-electron chi connectivity index (χ1n) is 6.41. The standard InChI is InChI=1S/C14H19NO3S/c1-19-10-14(16)15-11-4-6-12(7-5-11)18-9-13-3-2-8-17-13/h4-7,13H,2-3,8-10H2,1H3,(H,15,16). The molecule has 0 saturated carbocycles. The highest BCUT2D eigenvalue weighted by atomic mass is 32.2. The van der Waals surface area contributed by atoms with Crippen molar-refractivity contribution in [2.24, 2.45) is 0 Å². The molecule has 4 nitrogen and oxygen atoms in total. The van der Waals surface area contributed by atoms with Crippen molar-refractivity contribution in [3.63, 3.8) is 0 Å². The number of ether oxygens (including phenoxy) is 2. The Bertz CT molecular complexity index is 402. The van der Waals surface area contributed by atoms with Crippen LogP contribution >= 0.6 is 11.8 Å². The molecule has 0 aromatic heterocycles. The molecular weight excluding hydrogens is 262 g/mol. The van der Waals surface area contributed by atoms with E-state index in [1.54, 1.807) is 0 Å². The molecule has 0 spiro atoms. The molecule has 19 heavy (non-hydrogen) atoms. The van der Waals surface area contributed by atoms with Gasteiger partial charge in [-0.2, -0.15) is 11.8 Å². The first-order valence-corrected chi connectivity index (χ1v) is 7.80. The van der Waals surface area contributed by atoms with Crippen molar-refractivity contribution in [3.8, 4) is 5.75 Å². The van der Waals surface area contributed by atoms with E-state index in [2.05, 4.69) is 5.32 Å². The second-order valence-electron chi connectivity index (χ2n) is 4.45. The largest absolute Gasteiger partial charge is 0.491 e. The fourth-order valence-electron chi connectivity index (χ4n) is 1.93. The molecule has 5 heteroatoms. The fraction of sp³-hybridized carbons (Fsp3) is 0.500. The van der Waals surface area contributed by atoms with Crippen LogP contribution in [0.2, 0.25) is 0 Å². The first-order chi connectivity index (χ1) is 9.28. The molecule has 0 bridgehead atoms. The minimum absolute atomic E-state index is 0.0144. The molecule has 1 heterocycles. The molecule has 1 atom stereocenters. The van der Waals surface area contributed by atoms with Gasteiger partial charge in [-0.1, -0.05) is 0 Å². The number of hydrogen-bond donors (Lipinski definition) is 1. The summed E-state index contributed by atoms with van der Waals surface area (Å²) in [7, 11) is 0. The average molecular weight is 281 g/mol. The molecule has 1 fully saturated rings. The van der Waals surface area contributed by atoms with E-state index in [9.17, 15) is 4.79 Å². The topological polar surface area (TPSA) is 47.6 Å². The summed E-state index contributed by atoms with van der Waals surface area (Å²) in [6.07, 6.45) is 4.32. The predicted molar refractivity (Wildman–Crippen MR) is 77.9 cm³/mol. The number of thioether (sulfide) groups is 1. The lowest BCUT2D eigenvalue weighted by molar-refractivity contribution is -0.113. The zero-order valence-corrected chi connectivity index (χ0v) is 11.9. The average Bonchev–Trinajstić information content (AvgIpc) is 2.91. The van der Waals surface area contributed by atoms with Crippen LogP contribution in [0.25, 0.3) is 0 Å². The number of anilines is 1. The summed E-state index contributed by atoms with van der Waals surface area (Å²) in [5.41, 5.74) is 0.795. The molecule has 0 aliphatic carbocycles. The van der Waals surface area contributed by atoms with E-state index >= 15 is 0 Å². The number of amides is 1. The van der Waals surface area contributed by atoms with Crippen molar-refractivity contribution in [2.75, 3.05) is 30.5 Å². The SMILES string of the molecule is CSCC(=O)Nc1ccc(OCC2CCCO2)cc1. The Kier molecular flexibility index (Phi) is 5.54. The van der Waals surface area contributed by atoms with E-state index in [0.29, 0.717) is 12.4 Å². The number of carbonyl (C=O) groups excluding carboxylic acids is 1. The summed E-state index contributed by atoms with van der Waals surface area (Å²) in [4.78, 5) is 11.4. The number of nitrogens with one attached hydrogen (secondary N) is 1. The second-order valence-corrected chi connectivity index (χ2v) is 5.32. The van der Waals surface area contributed by atoms with Crippen LogP contribution in [0.1, 0.15) is 12.8 Å². The van der Waals surface area contributed by atoms with E-state index in [0.717, 1.165) is 30.9 Å². The molecule has 1 aliphatic rings. The Morgan fingerprint density at radius 3 is 2.89 bits per heavy atom. The van der Waals surface area contributed by atoms with E-state index in [4.69, 9.17) is 9.47 Å². The highest BCUT2D eigenvalue weighted by Gasteiger charge is 2.15. The lowest BCUT2D eigenvalue weighted by atomic mass is 10.2. The number of carbonyl (C=O) groups is 1. The summed E-state index contributed by atoms with van der Waals surface area (Å²) in [6, 6.07) is 7.43. The summed E-state index contributed by atoms with van der Waals surface area (Å²) >= 11 is 1.50. The van der Waals surface area contributed by atoms with Crippen LogP contribution in [-0.4, -0.2) is 37.2 Å². The lowest BCUT2D eigenvalue weighted by Crippen LogP contribution is -2.16. The Hall–Kier alpha value is -1.20. The molecular formula is C14H19NO3S. The smallest absolute Gasteiger partial charge is 0.234 e. The van der Waals surface area contributed by atoms with Crippen LogP contribution in [-0.2, 0) is 9.53 Å². The predicted octanol–water partition coefficient (Wildman–Crippen LogP) is 2.55. The van der Waals surface area contributed by atoms with Gasteiger partial charge in [0.25, 0.3) is 0 Å². The molecule has 1 aliphatic heterocycles. The van der Waals surface area contributed by atoms with Gasteiger partial charge < -0.3 is 14.8 Å². The van der Waals surface area contributed by atoms with E-state index < -0.39 is 0 Å². The second kappa shape index (κ2) is 7.40. The van der Waals surface area contributed by atoms with E-state index in [1.165, 1.54) is 11.8 Å². The highest BCUT2D eigenvalue weighted by Crippen LogP contribution is 2.18. The third-order valence-corrected chi connectivity index (χ3v) is 3.42. The maximum atomic E-state index is 11.4. The minimum Gasteiger partial charge on any atom is -0.491 e. The van der Waals surface area contributed by atoms with Crippen LogP contribution in [0.3, 0.4) is 0 Å². The Labute approximate surface area is 117 Å². The van der Waals surface area contributed by atoms with Crippen molar-refractivity contribution in [2.45, 2.75) is 18.9 Å². The van der Waals surface area contributed by atoms with Crippen LogP contribution in [0, 0.1) is 0 Å². The zero-order chi connectivity index (χ0) is 13.5. The third kappa shape index (κ3) is 4.76. The van der Waals surface area contributed by atoms with Crippen LogP contribution < -0.4 is 10.1 Å². The third-order valence-electron chi connectivity index (χ3n) is 2.87. The molecule has 0 radical (unpaired) electrons. The van der Waals surface area contributed by atoms with Gasteiger partial charge >= 0.3 is 0 Å². The van der Waals surface area contributed by atoms with Crippen LogP contribution in [0.5, 0.6) is 5.75 Å². The number of hydrogen-bond acceptors (Lipinski definition) is 4. The van der Waals surface area contributed by atoms with Gasteiger partial charge in [0.05, 0.1) is 11.9 Å². The molecule has 1 amide bonds. The maximum absolute atomic E-state index is 11.4. The summed E-state index contributed by atoms with van der Waals surface area (Å²) in [5.74, 6) is 1.29. The summed E-state index contributed by atoms with van der Waals surface area (Å²) in [6.45, 7) is 1.44. The Balaban J connectivity index is 1.78. The molecule has 1 N–H and O–H groups in total. The molecule has 2 rings (SSSR count). The highest BCUT2D eigenvalue weighted by molar-refractivity contribution is 7.99. The van der Waals surface area contributed by atoms with Crippen LogP contribution in [0.15, 0.2) is 24.3 Å². The van der Waals surface area contributed by atoms with E-state index in [1.807, 2.05) is 30.5 Å². The quantitative estimate of drug-likeness (QED) is 0.870. The van der Waals surface area contributed by atoms with Crippen molar-refractivity contribution in [3.05, 3.63) is 24.3 Å². The number of rotatable bonds is 6. The molecule has 1 aromatic rings. The van der Waals surface area contributed by atoms with Gasteiger partial charge in [0.15, 0.2) is 0 Å². The summed E-state index contributed by atoms with van der Waals surface area (Å²) < 4.78 is 11.1. The Morgan fingerprint density at radius 1 is 1.47 bits per heavy atom. The zero-order valence-electron chi connectivity index (χ0n) is 11.1. The minimum atomic E-state index is 0.0144. The fourth-order valence-corrected chi connectivity index (χ4v) is 2.26. The lowest BCUT2D eigenvalue weighted by Gasteiger charge is -2.12. The van der Waals surface area contributed by atoms with Gasteiger partial charge in [-0.3, -0.25) is 4.79 Å². The van der Waals surface area contributed by atoms with Crippen molar-refractivity contribution in [1.29, 1.82) is 0 Å². The first kappa shape index (κ1) is 14.2. The Morgan fingerprint density at radius 2 is 2.26 bits per heavy atom. The number of benzene rings is 1. The van der Waals surface area contributed by atoms with Crippen molar-refractivity contribution >= 4 is 23.4 Å². The van der Waals surface area contributed by atoms with Crippen LogP contribution in [0.4, 0.5) is 5.69 Å².